The smallest absolute Gasteiger partial charge is 0.324 e. The Morgan fingerprint density at radius 2 is 1.89 bits per heavy atom. The molecule has 0 saturated carbocycles. The maximum Gasteiger partial charge on any atom is 0.324 e. The molecular formula is C32H36N8O4S2. The average Bonchev–Trinajstić information content (AvgIpc) is 3.69. The standard InChI is InChI=1S/C32H36N8O4S2/c1-20-7-10-24(14-22(20)18-41)40(33)27(19-45-32(2,3)4)38-29(43)37-23-15-34-30(35-16-23)44-25-11-8-21(9-12-25)26-17-36-31(46-26)39-13-5-6-28(39)42/h7-12,14-17,19,41H,5-6,13,18,33H2,1-4H3,(H2,37,38,43)/b27-19-. The van der Waals surface area contributed by atoms with E-state index in [-0.39, 0.29) is 23.3 Å². The molecule has 1 fully saturated rings. The Morgan fingerprint density at radius 3 is 2.54 bits per heavy atom. The Morgan fingerprint density at radius 1 is 1.15 bits per heavy atom. The molecule has 12 nitrogen and oxygen atoms in total. The molecule has 3 amide bonds. The van der Waals surface area contributed by atoms with Gasteiger partial charge in [0.25, 0.3) is 0 Å². The molecule has 1 saturated heterocycles. The average molecular weight is 661 g/mol. The van der Waals surface area contributed by atoms with Gasteiger partial charge in [-0.15, -0.1) is 11.8 Å². The Balaban J connectivity index is 1.20. The number of nitrogens with zero attached hydrogens (tertiary/aromatic N) is 5. The minimum Gasteiger partial charge on any atom is -0.424 e. The molecule has 46 heavy (non-hydrogen) atoms. The van der Waals surface area contributed by atoms with Gasteiger partial charge in [-0.1, -0.05) is 38.2 Å². The van der Waals surface area contributed by atoms with Gasteiger partial charge in [-0.2, -0.15) is 0 Å². The monoisotopic (exact) mass is 660 g/mol. The van der Waals surface area contributed by atoms with Crippen molar-refractivity contribution in [1.82, 2.24) is 20.3 Å². The van der Waals surface area contributed by atoms with Crippen LogP contribution >= 0.6 is 23.1 Å². The number of aromatic nitrogens is 3. The zero-order valence-electron chi connectivity index (χ0n) is 26.0. The number of thioether (sulfide) groups is 1. The molecule has 1 aliphatic heterocycles. The predicted molar refractivity (Wildman–Crippen MR) is 183 cm³/mol. The second-order valence-corrected chi connectivity index (χ2v) is 14.2. The second-order valence-electron chi connectivity index (χ2n) is 11.5. The van der Waals surface area contributed by atoms with E-state index < -0.39 is 6.03 Å². The van der Waals surface area contributed by atoms with Crippen LogP contribution in [0.1, 0.15) is 44.7 Å². The molecule has 0 unspecified atom stereocenters. The summed E-state index contributed by atoms with van der Waals surface area (Å²) in [6.07, 6.45) is 6.08. The number of hydrazine groups is 1. The van der Waals surface area contributed by atoms with Crippen LogP contribution in [0.5, 0.6) is 11.8 Å². The van der Waals surface area contributed by atoms with Crippen LogP contribution < -0.4 is 31.1 Å². The largest absolute Gasteiger partial charge is 0.424 e. The summed E-state index contributed by atoms with van der Waals surface area (Å²) < 4.78 is 5.67. The van der Waals surface area contributed by atoms with Crippen LogP contribution in [0.15, 0.2) is 72.3 Å². The highest BCUT2D eigenvalue weighted by molar-refractivity contribution is 8.03. The van der Waals surface area contributed by atoms with Crippen molar-refractivity contribution in [3.05, 3.63) is 83.4 Å². The Labute approximate surface area is 275 Å². The van der Waals surface area contributed by atoms with Gasteiger partial charge >= 0.3 is 12.0 Å². The number of aliphatic hydroxyl groups excluding tert-OH is 1. The fourth-order valence-corrected chi connectivity index (χ4v) is 5.98. The minimum absolute atomic E-state index is 0.112. The molecule has 0 radical (unpaired) electrons. The van der Waals surface area contributed by atoms with E-state index in [9.17, 15) is 14.7 Å². The van der Waals surface area contributed by atoms with E-state index in [1.165, 1.54) is 40.5 Å². The first-order valence-corrected chi connectivity index (χ1v) is 16.3. The van der Waals surface area contributed by atoms with E-state index in [1.807, 2.05) is 52.0 Å². The molecule has 0 aliphatic carbocycles. The summed E-state index contributed by atoms with van der Waals surface area (Å²) in [6, 6.07) is 12.4. The molecule has 5 N–H and O–H groups in total. The molecule has 5 rings (SSSR count). The lowest BCUT2D eigenvalue weighted by Gasteiger charge is -2.25. The van der Waals surface area contributed by atoms with Gasteiger partial charge in [0.05, 0.1) is 35.3 Å². The maximum atomic E-state index is 13.0. The molecule has 4 aromatic rings. The number of carbonyl (C=O) groups excluding carboxylic acids is 2. The molecule has 1 aliphatic rings. The number of benzene rings is 2. The van der Waals surface area contributed by atoms with Gasteiger partial charge in [0.15, 0.2) is 5.13 Å². The van der Waals surface area contributed by atoms with Gasteiger partial charge in [-0.05, 0) is 66.4 Å². The Hall–Kier alpha value is -4.50. The quantitative estimate of drug-likeness (QED) is 0.115. The van der Waals surface area contributed by atoms with E-state index in [0.717, 1.165) is 28.0 Å². The number of hydrogen-bond donors (Lipinski definition) is 4. The number of ether oxygens (including phenoxy) is 1. The van der Waals surface area contributed by atoms with E-state index in [4.69, 9.17) is 10.6 Å². The fraction of sp³-hybridized carbons (Fsp3) is 0.281. The van der Waals surface area contributed by atoms with Crippen LogP contribution in [-0.2, 0) is 11.4 Å². The van der Waals surface area contributed by atoms with Gasteiger partial charge in [-0.3, -0.25) is 20.0 Å². The van der Waals surface area contributed by atoms with E-state index in [1.54, 1.807) is 34.7 Å². The predicted octanol–water partition coefficient (Wildman–Crippen LogP) is 6.15. The van der Waals surface area contributed by atoms with Gasteiger partial charge in [0.1, 0.15) is 11.6 Å². The molecule has 14 heteroatoms. The third-order valence-corrected chi connectivity index (χ3v) is 8.96. The van der Waals surface area contributed by atoms with Gasteiger partial charge in [-0.25, -0.2) is 25.6 Å². The third-order valence-electron chi connectivity index (χ3n) is 6.84. The highest BCUT2D eigenvalue weighted by atomic mass is 32.2. The van der Waals surface area contributed by atoms with Crippen molar-refractivity contribution < 1.29 is 19.4 Å². The lowest BCUT2D eigenvalue weighted by Crippen LogP contribution is -2.41. The molecule has 2 aromatic carbocycles. The van der Waals surface area contributed by atoms with Crippen molar-refractivity contribution >= 4 is 51.5 Å². The zero-order valence-corrected chi connectivity index (χ0v) is 27.6. The fourth-order valence-electron chi connectivity index (χ4n) is 4.37. The molecule has 0 spiro atoms. The minimum atomic E-state index is -0.543. The highest BCUT2D eigenvalue weighted by Gasteiger charge is 2.24. The summed E-state index contributed by atoms with van der Waals surface area (Å²) in [5.74, 6) is 7.41. The summed E-state index contributed by atoms with van der Waals surface area (Å²) >= 11 is 2.98. The van der Waals surface area contributed by atoms with Gasteiger partial charge in [0.2, 0.25) is 5.91 Å². The number of carbonyl (C=O) groups is 2. The number of aryl methyl sites for hydroxylation is 1. The normalized spacial score (nSPS) is 13.6. The topological polar surface area (TPSA) is 159 Å². The summed E-state index contributed by atoms with van der Waals surface area (Å²) in [5, 5.41) is 19.1. The van der Waals surface area contributed by atoms with Crippen LogP contribution in [0.3, 0.4) is 0 Å². The zero-order chi connectivity index (χ0) is 32.8. The van der Waals surface area contributed by atoms with Crippen LogP contribution in [-0.4, -0.2) is 43.3 Å². The molecule has 2 aromatic heterocycles. The van der Waals surface area contributed by atoms with Crippen molar-refractivity contribution in [2.24, 2.45) is 5.84 Å². The number of amides is 3. The number of thiazole rings is 1. The molecule has 0 bridgehead atoms. The number of anilines is 3. The van der Waals surface area contributed by atoms with Crippen LogP contribution in [0.2, 0.25) is 0 Å². The van der Waals surface area contributed by atoms with Gasteiger partial charge in [0, 0.05) is 29.3 Å². The van der Waals surface area contributed by atoms with Crippen LogP contribution in [0.4, 0.5) is 21.3 Å². The SMILES string of the molecule is Cc1ccc(N(N)/C(=C\SC(C)(C)C)NC(=O)Nc2cnc(Oc3ccc(-c4cnc(N5CCCC5=O)s4)cc3)nc2)cc1CO. The van der Waals surface area contributed by atoms with Crippen molar-refractivity contribution in [2.45, 2.75) is 51.9 Å². The number of nitrogens with one attached hydrogen (secondary N) is 2. The molecule has 0 atom stereocenters. The van der Waals surface area contributed by atoms with E-state index in [0.29, 0.717) is 41.0 Å². The third kappa shape index (κ3) is 8.40. The van der Waals surface area contributed by atoms with Crippen molar-refractivity contribution in [3.63, 3.8) is 0 Å². The number of nitrogens with two attached hydrogens (primary N) is 1. The molecular weight excluding hydrogens is 625 g/mol. The first kappa shape index (κ1) is 32.9. The molecule has 240 valence electrons. The number of hydrogen-bond acceptors (Lipinski definition) is 11. The maximum absolute atomic E-state index is 13.0. The van der Waals surface area contributed by atoms with E-state index in [2.05, 4.69) is 25.6 Å². The second kappa shape index (κ2) is 14.3. The molecule has 3 heterocycles. The number of rotatable bonds is 10. The van der Waals surface area contributed by atoms with E-state index >= 15 is 0 Å². The first-order valence-electron chi connectivity index (χ1n) is 14.6. The summed E-state index contributed by atoms with van der Waals surface area (Å²) in [6.45, 7) is 8.64. The Kier molecular flexibility index (Phi) is 10.2. The van der Waals surface area contributed by atoms with Crippen molar-refractivity contribution in [1.29, 1.82) is 0 Å². The lowest BCUT2D eigenvalue weighted by molar-refractivity contribution is -0.117. The van der Waals surface area contributed by atoms with Crippen molar-refractivity contribution in [3.8, 4) is 22.2 Å². The lowest BCUT2D eigenvalue weighted by atomic mass is 10.1. The summed E-state index contributed by atoms with van der Waals surface area (Å²) in [7, 11) is 0. The van der Waals surface area contributed by atoms with Gasteiger partial charge < -0.3 is 15.2 Å². The highest BCUT2D eigenvalue weighted by Crippen LogP contribution is 2.34. The summed E-state index contributed by atoms with van der Waals surface area (Å²) in [5.41, 5.74) is 3.58. The first-order chi connectivity index (χ1) is 22.0. The summed E-state index contributed by atoms with van der Waals surface area (Å²) in [4.78, 5) is 40.6. The number of urea groups is 1. The Bertz CT molecular complexity index is 1720. The van der Waals surface area contributed by atoms with Crippen LogP contribution in [0, 0.1) is 6.92 Å². The number of aliphatic hydroxyl groups is 1. The van der Waals surface area contributed by atoms with Crippen molar-refractivity contribution in [2.75, 3.05) is 21.8 Å². The van der Waals surface area contributed by atoms with Crippen LogP contribution in [0.25, 0.3) is 10.4 Å².